The smallest absolute Gasteiger partial charge is 0.277 e. The number of aryl methyl sites for hydroxylation is 2. The predicted molar refractivity (Wildman–Crippen MR) is 124 cm³/mol. The summed E-state index contributed by atoms with van der Waals surface area (Å²) in [5.41, 5.74) is 1.32. The van der Waals surface area contributed by atoms with Crippen molar-refractivity contribution in [1.82, 2.24) is 15.1 Å². The first-order chi connectivity index (χ1) is 15.7. The van der Waals surface area contributed by atoms with Crippen LogP contribution in [-0.2, 0) is 14.4 Å². The number of amides is 3. The minimum Gasteiger partial charge on any atom is -0.444 e. The van der Waals surface area contributed by atoms with E-state index in [1.54, 1.807) is 43.0 Å². The van der Waals surface area contributed by atoms with Gasteiger partial charge in [-0.25, -0.2) is 5.10 Å². The summed E-state index contributed by atoms with van der Waals surface area (Å²) >= 11 is 0. The van der Waals surface area contributed by atoms with E-state index in [0.717, 1.165) is 0 Å². The second-order valence-corrected chi connectivity index (χ2v) is 7.53. The van der Waals surface area contributed by atoms with E-state index in [0.29, 0.717) is 34.8 Å². The van der Waals surface area contributed by atoms with Crippen molar-refractivity contribution >= 4 is 45.8 Å². The van der Waals surface area contributed by atoms with E-state index >= 15 is 0 Å². The zero-order valence-corrected chi connectivity index (χ0v) is 18.9. The molecule has 0 spiro atoms. The van der Waals surface area contributed by atoms with Gasteiger partial charge in [-0.1, -0.05) is 6.92 Å². The number of carbonyl (C=O) groups excluding carboxylic acids is 3. The van der Waals surface area contributed by atoms with Crippen molar-refractivity contribution in [3.8, 4) is 0 Å². The zero-order chi connectivity index (χ0) is 24.1. The molecule has 11 heteroatoms. The van der Waals surface area contributed by atoms with Gasteiger partial charge in [0.1, 0.15) is 11.1 Å². The van der Waals surface area contributed by atoms with Gasteiger partial charge in [0, 0.05) is 18.3 Å². The van der Waals surface area contributed by atoms with Gasteiger partial charge in [0.25, 0.3) is 5.56 Å². The molecule has 0 aliphatic carbocycles. The van der Waals surface area contributed by atoms with Crippen molar-refractivity contribution in [2.24, 2.45) is 0 Å². The molecule has 0 aliphatic rings. The Morgan fingerprint density at radius 3 is 2.12 bits per heavy atom. The Labute approximate surface area is 189 Å². The van der Waals surface area contributed by atoms with Crippen molar-refractivity contribution in [1.29, 1.82) is 0 Å². The van der Waals surface area contributed by atoms with Crippen LogP contribution in [0.3, 0.4) is 0 Å². The molecule has 0 saturated carbocycles. The van der Waals surface area contributed by atoms with E-state index < -0.39 is 11.5 Å². The van der Waals surface area contributed by atoms with Gasteiger partial charge in [0.2, 0.25) is 23.6 Å². The summed E-state index contributed by atoms with van der Waals surface area (Å²) in [6.45, 7) is 7.03. The topological polar surface area (TPSA) is 149 Å². The average molecular weight is 454 g/mol. The van der Waals surface area contributed by atoms with Crippen molar-refractivity contribution in [2.75, 3.05) is 35.6 Å². The Morgan fingerprint density at radius 1 is 0.970 bits per heavy atom. The molecule has 2 aromatic heterocycles. The Morgan fingerprint density at radius 2 is 1.55 bits per heavy atom. The normalized spacial score (nSPS) is 10.9. The standard InChI is InChI=1S/C22H26N6O5/c1-5-28(10-17(30)24-16-8-6-15(7-9-16)23-14(4)29)11-18(31)25-22-20-19(13(3)33-22)12(2)26-27-21(20)32/h6-9H,5,10-11H2,1-4H3,(H,23,29)(H,24,30)(H,25,31)(H,27,32). The molecule has 3 amide bonds. The maximum atomic E-state index is 12.6. The van der Waals surface area contributed by atoms with Crippen molar-refractivity contribution in [3.05, 3.63) is 46.1 Å². The minimum absolute atomic E-state index is 0.0150. The van der Waals surface area contributed by atoms with Crippen LogP contribution in [0.25, 0.3) is 10.8 Å². The maximum Gasteiger partial charge on any atom is 0.277 e. The molecule has 3 rings (SSSR count). The van der Waals surface area contributed by atoms with E-state index in [1.165, 1.54) is 6.92 Å². The molecular weight excluding hydrogens is 428 g/mol. The first-order valence-electron chi connectivity index (χ1n) is 10.4. The number of H-pyrrole nitrogens is 1. The molecule has 0 aliphatic heterocycles. The van der Waals surface area contributed by atoms with Crippen LogP contribution in [0.5, 0.6) is 0 Å². The van der Waals surface area contributed by atoms with Gasteiger partial charge in [-0.05, 0) is 44.7 Å². The highest BCUT2D eigenvalue weighted by Gasteiger charge is 2.20. The van der Waals surface area contributed by atoms with Gasteiger partial charge in [-0.3, -0.25) is 29.4 Å². The number of aromatic nitrogens is 2. The third-order valence-corrected chi connectivity index (χ3v) is 4.92. The number of anilines is 3. The summed E-state index contributed by atoms with van der Waals surface area (Å²) in [7, 11) is 0. The Balaban J connectivity index is 1.61. The van der Waals surface area contributed by atoms with E-state index in [-0.39, 0.29) is 36.2 Å². The van der Waals surface area contributed by atoms with Crippen LogP contribution < -0.4 is 21.5 Å². The quantitative estimate of drug-likeness (QED) is 0.406. The van der Waals surface area contributed by atoms with Crippen molar-refractivity contribution < 1.29 is 18.8 Å². The number of nitrogens with one attached hydrogen (secondary N) is 4. The molecule has 0 atom stereocenters. The van der Waals surface area contributed by atoms with Crippen LogP contribution in [0.2, 0.25) is 0 Å². The number of rotatable bonds is 8. The molecule has 0 fully saturated rings. The lowest BCUT2D eigenvalue weighted by Gasteiger charge is -2.19. The van der Waals surface area contributed by atoms with Gasteiger partial charge >= 0.3 is 0 Å². The molecule has 174 valence electrons. The van der Waals surface area contributed by atoms with Crippen molar-refractivity contribution in [2.45, 2.75) is 27.7 Å². The van der Waals surface area contributed by atoms with Crippen LogP contribution in [0.4, 0.5) is 17.3 Å². The summed E-state index contributed by atoms with van der Waals surface area (Å²) in [6, 6.07) is 6.70. The van der Waals surface area contributed by atoms with E-state index in [4.69, 9.17) is 4.42 Å². The summed E-state index contributed by atoms with van der Waals surface area (Å²) in [5, 5.41) is 15.1. The highest BCUT2D eigenvalue weighted by atomic mass is 16.4. The Bertz CT molecular complexity index is 1240. The van der Waals surface area contributed by atoms with Crippen LogP contribution in [-0.4, -0.2) is 52.5 Å². The number of hydrogen-bond acceptors (Lipinski definition) is 7. The van der Waals surface area contributed by atoms with E-state index in [1.807, 2.05) is 6.92 Å². The highest BCUT2D eigenvalue weighted by molar-refractivity contribution is 6.02. The number of furan rings is 1. The highest BCUT2D eigenvalue weighted by Crippen LogP contribution is 2.28. The molecule has 1 aromatic carbocycles. The zero-order valence-electron chi connectivity index (χ0n) is 18.9. The largest absolute Gasteiger partial charge is 0.444 e. The van der Waals surface area contributed by atoms with Gasteiger partial charge < -0.3 is 15.1 Å². The number of hydrogen-bond donors (Lipinski definition) is 4. The average Bonchev–Trinajstić information content (AvgIpc) is 3.08. The molecule has 4 N–H and O–H groups in total. The number of carbonyl (C=O) groups is 3. The summed E-state index contributed by atoms with van der Waals surface area (Å²) in [5.74, 6) is -0.368. The van der Waals surface area contributed by atoms with Gasteiger partial charge in [-0.15, -0.1) is 0 Å². The van der Waals surface area contributed by atoms with Gasteiger partial charge in [0.05, 0.1) is 24.2 Å². The third kappa shape index (κ3) is 5.83. The summed E-state index contributed by atoms with van der Waals surface area (Å²) in [6.07, 6.45) is 0. The fourth-order valence-corrected chi connectivity index (χ4v) is 3.42. The molecule has 0 saturated heterocycles. The molecule has 33 heavy (non-hydrogen) atoms. The Kier molecular flexibility index (Phi) is 7.23. The first kappa shape index (κ1) is 23.7. The van der Waals surface area contributed by atoms with Crippen LogP contribution in [0.1, 0.15) is 25.3 Å². The predicted octanol–water partition coefficient (Wildman–Crippen LogP) is 1.99. The third-order valence-electron chi connectivity index (χ3n) is 4.92. The molecule has 0 radical (unpaired) electrons. The van der Waals surface area contributed by atoms with E-state index in [9.17, 15) is 19.2 Å². The number of likely N-dealkylation sites (N-methyl/N-ethyl adjacent to an activating group) is 1. The molecule has 0 bridgehead atoms. The fraction of sp³-hybridized carbons (Fsp3) is 0.318. The molecule has 11 nitrogen and oxygen atoms in total. The lowest BCUT2D eigenvalue weighted by molar-refractivity contribution is -0.120. The number of benzene rings is 1. The monoisotopic (exact) mass is 454 g/mol. The van der Waals surface area contributed by atoms with Crippen LogP contribution in [0.15, 0.2) is 33.5 Å². The molecular formula is C22H26N6O5. The van der Waals surface area contributed by atoms with Gasteiger partial charge in [0.15, 0.2) is 0 Å². The number of aromatic amines is 1. The maximum absolute atomic E-state index is 12.6. The summed E-state index contributed by atoms with van der Waals surface area (Å²) in [4.78, 5) is 49.9. The molecule has 2 heterocycles. The fourth-order valence-electron chi connectivity index (χ4n) is 3.42. The van der Waals surface area contributed by atoms with Crippen molar-refractivity contribution in [3.63, 3.8) is 0 Å². The molecule has 0 unspecified atom stereocenters. The van der Waals surface area contributed by atoms with Crippen LogP contribution in [0, 0.1) is 13.8 Å². The van der Waals surface area contributed by atoms with Crippen LogP contribution >= 0.6 is 0 Å². The first-order valence-corrected chi connectivity index (χ1v) is 10.4. The van der Waals surface area contributed by atoms with E-state index in [2.05, 4.69) is 26.1 Å². The van der Waals surface area contributed by atoms with Gasteiger partial charge in [-0.2, -0.15) is 5.10 Å². The number of fused-ring (bicyclic) bond motifs is 1. The SMILES string of the molecule is CCN(CC(=O)Nc1ccc(NC(C)=O)cc1)CC(=O)Nc1oc(C)c2c(C)n[nH]c(=O)c12. The second-order valence-electron chi connectivity index (χ2n) is 7.53. The molecule has 3 aromatic rings. The number of nitrogens with zero attached hydrogens (tertiary/aromatic N) is 2. The lowest BCUT2D eigenvalue weighted by Crippen LogP contribution is -2.38. The second kappa shape index (κ2) is 10.1. The minimum atomic E-state index is -0.459. The Hall–Kier alpha value is -3.99. The lowest BCUT2D eigenvalue weighted by atomic mass is 10.2. The summed E-state index contributed by atoms with van der Waals surface area (Å²) < 4.78 is 5.59.